The van der Waals surface area contributed by atoms with Crippen LogP contribution in [-0.2, 0) is 17.8 Å². The number of nitrogens with one attached hydrogen (secondary N) is 2. The van der Waals surface area contributed by atoms with Crippen LogP contribution < -0.4 is 15.0 Å². The molecule has 1 fully saturated rings. The van der Waals surface area contributed by atoms with Gasteiger partial charge in [-0.1, -0.05) is 18.6 Å². The van der Waals surface area contributed by atoms with Crippen molar-refractivity contribution >= 4 is 29.0 Å². The van der Waals surface area contributed by atoms with Crippen molar-refractivity contribution in [3.8, 4) is 5.75 Å². The SMILES string of the molecule is O=C(O)NCCCCCC(=O)N1CCc2cccc(OCC3CCCN3c3ncnc4[nH]cnc34)c2C1. The number of benzene rings is 1. The van der Waals surface area contributed by atoms with Gasteiger partial charge in [-0.25, -0.2) is 19.7 Å². The first-order chi connectivity index (χ1) is 18.1. The molecule has 11 nitrogen and oxygen atoms in total. The van der Waals surface area contributed by atoms with Gasteiger partial charge in [0.1, 0.15) is 24.2 Å². The lowest BCUT2D eigenvalue weighted by molar-refractivity contribution is -0.132. The number of aromatic amines is 1. The van der Waals surface area contributed by atoms with Gasteiger partial charge in [0.25, 0.3) is 0 Å². The number of ether oxygens (including phenoxy) is 1. The standard InChI is InChI=1S/C26H33N7O4/c34-22(9-2-1-3-11-27-26(35)36)32-13-10-18-6-4-8-21(20(18)14-32)37-15-19-7-5-12-33(19)25-23-24(29-16-28-23)30-17-31-25/h4,6,8,16-17,19,27H,1-3,5,7,9-15H2,(H,35,36)(H,28,29,30,31). The molecule has 2 aliphatic heterocycles. The van der Waals surface area contributed by atoms with Crippen molar-refractivity contribution in [3.05, 3.63) is 42.0 Å². The van der Waals surface area contributed by atoms with Crippen LogP contribution in [0.1, 0.15) is 49.7 Å². The third-order valence-electron chi connectivity index (χ3n) is 7.20. The van der Waals surface area contributed by atoms with Crippen molar-refractivity contribution < 1.29 is 19.4 Å². The zero-order chi connectivity index (χ0) is 25.6. The van der Waals surface area contributed by atoms with Crippen LogP contribution in [0, 0.1) is 0 Å². The predicted molar refractivity (Wildman–Crippen MR) is 138 cm³/mol. The van der Waals surface area contributed by atoms with E-state index in [1.54, 1.807) is 12.7 Å². The van der Waals surface area contributed by atoms with Crippen LogP contribution in [0.3, 0.4) is 0 Å². The maximum absolute atomic E-state index is 12.9. The Labute approximate surface area is 215 Å². The summed E-state index contributed by atoms with van der Waals surface area (Å²) in [6.45, 7) is 3.11. The molecule has 2 aromatic heterocycles. The summed E-state index contributed by atoms with van der Waals surface area (Å²) in [6, 6.07) is 6.33. The molecule has 1 atom stereocenters. The summed E-state index contributed by atoms with van der Waals surface area (Å²) in [5.41, 5.74) is 3.84. The van der Waals surface area contributed by atoms with Gasteiger partial charge in [0.15, 0.2) is 11.5 Å². The molecular weight excluding hydrogens is 474 g/mol. The maximum Gasteiger partial charge on any atom is 0.404 e. The Bertz CT molecular complexity index is 1250. The zero-order valence-electron chi connectivity index (χ0n) is 20.9. The van der Waals surface area contributed by atoms with Gasteiger partial charge >= 0.3 is 6.09 Å². The summed E-state index contributed by atoms with van der Waals surface area (Å²) < 4.78 is 6.40. The van der Waals surface area contributed by atoms with E-state index in [1.807, 2.05) is 17.0 Å². The van der Waals surface area contributed by atoms with Crippen LogP contribution in [0.2, 0.25) is 0 Å². The fourth-order valence-corrected chi connectivity index (χ4v) is 5.27. The Morgan fingerprint density at radius 1 is 1.16 bits per heavy atom. The van der Waals surface area contributed by atoms with Crippen LogP contribution in [0.25, 0.3) is 11.2 Å². The van der Waals surface area contributed by atoms with Crippen molar-refractivity contribution in [1.29, 1.82) is 0 Å². The lowest BCUT2D eigenvalue weighted by atomic mass is 9.98. The number of imidazole rings is 1. The first-order valence-corrected chi connectivity index (χ1v) is 13.0. The number of H-pyrrole nitrogens is 1. The molecular formula is C26H33N7O4. The van der Waals surface area contributed by atoms with Crippen molar-refractivity contribution in [2.24, 2.45) is 0 Å². The fourth-order valence-electron chi connectivity index (χ4n) is 5.27. The van der Waals surface area contributed by atoms with Gasteiger partial charge in [-0.05, 0) is 43.7 Å². The number of nitrogens with zero attached hydrogens (tertiary/aromatic N) is 5. The molecule has 11 heteroatoms. The largest absolute Gasteiger partial charge is 0.491 e. The molecule has 0 bridgehead atoms. The molecule has 0 radical (unpaired) electrons. The second-order valence-electron chi connectivity index (χ2n) is 9.60. The lowest BCUT2D eigenvalue weighted by Gasteiger charge is -2.31. The highest BCUT2D eigenvalue weighted by molar-refractivity contribution is 5.83. The van der Waals surface area contributed by atoms with E-state index in [-0.39, 0.29) is 11.9 Å². The number of carboxylic acid groups (broad SMARTS) is 1. The van der Waals surface area contributed by atoms with Crippen LogP contribution in [-0.4, -0.2) is 74.2 Å². The second-order valence-corrected chi connectivity index (χ2v) is 9.60. The number of rotatable bonds is 10. The number of aromatic nitrogens is 4. The first-order valence-electron chi connectivity index (χ1n) is 13.0. The van der Waals surface area contributed by atoms with Crippen LogP contribution >= 0.6 is 0 Å². The topological polar surface area (TPSA) is 137 Å². The van der Waals surface area contributed by atoms with E-state index in [0.717, 1.165) is 73.4 Å². The van der Waals surface area contributed by atoms with Gasteiger partial charge in [-0.2, -0.15) is 0 Å². The second kappa shape index (κ2) is 11.4. The molecule has 2 amide bonds. The fraction of sp³-hybridized carbons (Fsp3) is 0.500. The third kappa shape index (κ3) is 5.76. The van der Waals surface area contributed by atoms with Crippen LogP contribution in [0.5, 0.6) is 5.75 Å². The van der Waals surface area contributed by atoms with Gasteiger partial charge < -0.3 is 29.9 Å². The Balaban J connectivity index is 1.18. The zero-order valence-corrected chi connectivity index (χ0v) is 20.9. The number of anilines is 1. The molecule has 4 heterocycles. The minimum absolute atomic E-state index is 0.139. The van der Waals surface area contributed by atoms with E-state index >= 15 is 0 Å². The number of carbonyl (C=O) groups is 2. The third-order valence-corrected chi connectivity index (χ3v) is 7.20. The molecule has 3 aromatic rings. The maximum atomic E-state index is 12.9. The van der Waals surface area contributed by atoms with Crippen molar-refractivity contribution in [2.75, 3.05) is 31.1 Å². The highest BCUT2D eigenvalue weighted by Crippen LogP contribution is 2.31. The highest BCUT2D eigenvalue weighted by atomic mass is 16.5. The van der Waals surface area contributed by atoms with E-state index in [2.05, 4.69) is 36.2 Å². The summed E-state index contributed by atoms with van der Waals surface area (Å²) >= 11 is 0. The molecule has 1 saturated heterocycles. The highest BCUT2D eigenvalue weighted by Gasteiger charge is 2.29. The number of hydrogen-bond donors (Lipinski definition) is 3. The Hall–Kier alpha value is -3.89. The molecule has 2 aliphatic rings. The van der Waals surface area contributed by atoms with Crippen molar-refractivity contribution in [1.82, 2.24) is 30.2 Å². The molecule has 1 unspecified atom stereocenters. The number of amides is 2. The summed E-state index contributed by atoms with van der Waals surface area (Å²) in [6.07, 6.45) is 7.87. The minimum Gasteiger partial charge on any atom is -0.491 e. The molecule has 0 spiro atoms. The van der Waals surface area contributed by atoms with Crippen molar-refractivity contribution in [3.63, 3.8) is 0 Å². The minimum atomic E-state index is -1.01. The molecule has 5 rings (SSSR count). The Kier molecular flexibility index (Phi) is 7.67. The molecule has 0 saturated carbocycles. The predicted octanol–water partition coefficient (Wildman–Crippen LogP) is 3.11. The normalized spacial score (nSPS) is 17.1. The van der Waals surface area contributed by atoms with Gasteiger partial charge in [0, 0.05) is 38.2 Å². The summed E-state index contributed by atoms with van der Waals surface area (Å²) in [5, 5.41) is 11.0. The average Bonchev–Trinajstić information content (AvgIpc) is 3.58. The monoisotopic (exact) mass is 507 g/mol. The summed E-state index contributed by atoms with van der Waals surface area (Å²) in [5.74, 6) is 1.82. The van der Waals surface area contributed by atoms with E-state index in [0.29, 0.717) is 32.7 Å². The molecule has 3 N–H and O–H groups in total. The van der Waals surface area contributed by atoms with Crippen molar-refractivity contribution in [2.45, 2.75) is 57.5 Å². The van der Waals surface area contributed by atoms with Crippen LogP contribution in [0.4, 0.5) is 10.6 Å². The quantitative estimate of drug-likeness (QED) is 0.356. The molecule has 0 aliphatic carbocycles. The Morgan fingerprint density at radius 3 is 2.97 bits per heavy atom. The number of unbranched alkanes of at least 4 members (excludes halogenated alkanes) is 2. The molecule has 37 heavy (non-hydrogen) atoms. The van der Waals surface area contributed by atoms with E-state index in [4.69, 9.17) is 9.84 Å². The van der Waals surface area contributed by atoms with E-state index < -0.39 is 6.09 Å². The molecule has 196 valence electrons. The summed E-state index contributed by atoms with van der Waals surface area (Å²) in [7, 11) is 0. The molecule has 1 aromatic carbocycles. The summed E-state index contributed by atoms with van der Waals surface area (Å²) in [4.78, 5) is 43.8. The van der Waals surface area contributed by atoms with Gasteiger partial charge in [0.2, 0.25) is 5.91 Å². The van der Waals surface area contributed by atoms with Gasteiger partial charge in [0.05, 0.1) is 12.4 Å². The number of carbonyl (C=O) groups excluding carboxylic acids is 1. The number of fused-ring (bicyclic) bond motifs is 2. The smallest absolute Gasteiger partial charge is 0.404 e. The first kappa shape index (κ1) is 24.8. The van der Waals surface area contributed by atoms with Gasteiger partial charge in [-0.15, -0.1) is 0 Å². The number of hydrogen-bond acceptors (Lipinski definition) is 7. The van der Waals surface area contributed by atoms with E-state index in [9.17, 15) is 9.59 Å². The Morgan fingerprint density at radius 2 is 2.08 bits per heavy atom. The average molecular weight is 508 g/mol. The van der Waals surface area contributed by atoms with Crippen LogP contribution in [0.15, 0.2) is 30.9 Å². The van der Waals surface area contributed by atoms with E-state index in [1.165, 1.54) is 5.56 Å². The van der Waals surface area contributed by atoms with Gasteiger partial charge in [-0.3, -0.25) is 4.79 Å². The lowest BCUT2D eigenvalue weighted by Crippen LogP contribution is -2.37.